The standard InChI is InChI=1S/C20H21N3O3/c1-4-16(7-6-8-17(5-2)26-3)23-13-15(12-21)18-10-9-14(11-19(18)23)20(24)22-25/h4,6-11,13,16,25H,1,5H2,2-3H3,(H,22,24)/b7-6?,17-8+. The lowest BCUT2D eigenvalue weighted by molar-refractivity contribution is 0.0706. The molecule has 0 aliphatic carbocycles. The van der Waals surface area contributed by atoms with Crippen LogP contribution in [0.4, 0.5) is 0 Å². The zero-order chi connectivity index (χ0) is 19.1. The molecule has 134 valence electrons. The molecule has 26 heavy (non-hydrogen) atoms. The maximum atomic E-state index is 11.7. The molecule has 6 nitrogen and oxygen atoms in total. The molecule has 1 unspecified atom stereocenters. The first-order chi connectivity index (χ1) is 12.6. The number of aromatic nitrogens is 1. The first-order valence-electron chi connectivity index (χ1n) is 8.12. The summed E-state index contributed by atoms with van der Waals surface area (Å²) < 4.78 is 7.09. The van der Waals surface area contributed by atoms with E-state index in [4.69, 9.17) is 9.94 Å². The highest BCUT2D eigenvalue weighted by Crippen LogP contribution is 2.27. The Morgan fingerprint density at radius 2 is 2.31 bits per heavy atom. The van der Waals surface area contributed by atoms with Crippen molar-refractivity contribution in [3.63, 3.8) is 0 Å². The molecule has 0 radical (unpaired) electrons. The molecule has 2 N–H and O–H groups in total. The Hall–Kier alpha value is -3.30. The van der Waals surface area contributed by atoms with E-state index >= 15 is 0 Å². The van der Waals surface area contributed by atoms with Gasteiger partial charge in [-0.25, -0.2) is 5.48 Å². The Balaban J connectivity index is 2.53. The molecule has 1 heterocycles. The molecular weight excluding hydrogens is 330 g/mol. The van der Waals surface area contributed by atoms with E-state index in [0.717, 1.165) is 17.6 Å². The highest BCUT2D eigenvalue weighted by atomic mass is 16.5. The van der Waals surface area contributed by atoms with Gasteiger partial charge in [0.1, 0.15) is 6.07 Å². The van der Waals surface area contributed by atoms with Crippen molar-refractivity contribution < 1.29 is 14.7 Å². The van der Waals surface area contributed by atoms with E-state index in [2.05, 4.69) is 12.6 Å². The SMILES string of the molecule is C=CC(C=C/C=C(\CC)OC)n1cc(C#N)c2ccc(C(=O)NO)cc21. The minimum absolute atomic E-state index is 0.224. The van der Waals surface area contributed by atoms with E-state index in [9.17, 15) is 10.1 Å². The molecule has 0 bridgehead atoms. The van der Waals surface area contributed by atoms with Crippen LogP contribution < -0.4 is 5.48 Å². The summed E-state index contributed by atoms with van der Waals surface area (Å²) in [7, 11) is 1.63. The number of amides is 1. The zero-order valence-electron chi connectivity index (χ0n) is 14.8. The van der Waals surface area contributed by atoms with E-state index < -0.39 is 5.91 Å². The summed E-state index contributed by atoms with van der Waals surface area (Å²) in [6, 6.07) is 6.83. The highest BCUT2D eigenvalue weighted by molar-refractivity contribution is 5.98. The number of methoxy groups -OCH3 is 1. The van der Waals surface area contributed by atoms with E-state index in [1.807, 2.05) is 29.7 Å². The van der Waals surface area contributed by atoms with Gasteiger partial charge >= 0.3 is 0 Å². The molecule has 0 spiro atoms. The van der Waals surface area contributed by atoms with Crippen LogP contribution in [0, 0.1) is 11.3 Å². The lowest BCUT2D eigenvalue weighted by Crippen LogP contribution is -2.18. The van der Waals surface area contributed by atoms with Gasteiger partial charge in [0.2, 0.25) is 0 Å². The maximum Gasteiger partial charge on any atom is 0.274 e. The van der Waals surface area contributed by atoms with Crippen LogP contribution >= 0.6 is 0 Å². The molecular formula is C20H21N3O3. The third kappa shape index (κ3) is 3.85. The van der Waals surface area contributed by atoms with Crippen molar-refractivity contribution in [3.8, 4) is 6.07 Å². The van der Waals surface area contributed by atoms with Crippen LogP contribution in [-0.2, 0) is 4.74 Å². The predicted octanol–water partition coefficient (Wildman–Crippen LogP) is 3.86. The fourth-order valence-electron chi connectivity index (χ4n) is 2.68. The van der Waals surface area contributed by atoms with Gasteiger partial charge in [-0.05, 0) is 18.2 Å². The van der Waals surface area contributed by atoms with Crippen LogP contribution in [0.2, 0.25) is 0 Å². The third-order valence-corrected chi connectivity index (χ3v) is 4.08. The molecule has 6 heteroatoms. The molecule has 1 aromatic carbocycles. The molecule has 0 aliphatic rings. The number of rotatable bonds is 7. The molecule has 1 atom stereocenters. The Kier molecular flexibility index (Phi) is 6.36. The highest BCUT2D eigenvalue weighted by Gasteiger charge is 2.14. The summed E-state index contributed by atoms with van der Waals surface area (Å²) in [5.41, 5.74) is 3.11. The number of nitriles is 1. The second-order valence-electron chi connectivity index (χ2n) is 5.54. The van der Waals surface area contributed by atoms with Crippen LogP contribution in [0.25, 0.3) is 10.9 Å². The third-order valence-electron chi connectivity index (χ3n) is 4.08. The molecule has 0 aliphatic heterocycles. The summed E-state index contributed by atoms with van der Waals surface area (Å²) in [6.45, 7) is 5.87. The Labute approximate surface area is 152 Å². The first-order valence-corrected chi connectivity index (χ1v) is 8.12. The first kappa shape index (κ1) is 19.0. The quantitative estimate of drug-likeness (QED) is 0.261. The number of nitrogens with zero attached hydrogens (tertiary/aromatic N) is 2. The van der Waals surface area contributed by atoms with Gasteiger partial charge in [0.15, 0.2) is 0 Å². The Morgan fingerprint density at radius 3 is 2.88 bits per heavy atom. The summed E-state index contributed by atoms with van der Waals surface area (Å²) in [5, 5.41) is 19.0. The molecule has 0 fully saturated rings. The average Bonchev–Trinajstić information content (AvgIpc) is 3.05. The number of carbonyl (C=O) groups excluding carboxylic acids is 1. The molecule has 0 saturated carbocycles. The van der Waals surface area contributed by atoms with E-state index in [0.29, 0.717) is 16.6 Å². The minimum Gasteiger partial charge on any atom is -0.501 e. The van der Waals surface area contributed by atoms with E-state index in [-0.39, 0.29) is 6.04 Å². The van der Waals surface area contributed by atoms with Gasteiger partial charge < -0.3 is 9.30 Å². The summed E-state index contributed by atoms with van der Waals surface area (Å²) >= 11 is 0. The fourth-order valence-corrected chi connectivity index (χ4v) is 2.68. The smallest absolute Gasteiger partial charge is 0.274 e. The van der Waals surface area contributed by atoms with E-state index in [1.54, 1.807) is 43.1 Å². The monoisotopic (exact) mass is 351 g/mol. The lowest BCUT2D eigenvalue weighted by Gasteiger charge is -2.12. The van der Waals surface area contributed by atoms with Crippen molar-refractivity contribution in [3.05, 3.63) is 72.2 Å². The van der Waals surface area contributed by atoms with Crippen LogP contribution in [0.3, 0.4) is 0 Å². The summed E-state index contributed by atoms with van der Waals surface area (Å²) in [4.78, 5) is 11.7. The number of ether oxygens (including phenoxy) is 1. The van der Waals surface area contributed by atoms with Crippen molar-refractivity contribution in [1.82, 2.24) is 10.0 Å². The number of nitrogens with one attached hydrogen (secondary N) is 1. The molecule has 2 aromatic rings. The van der Waals surface area contributed by atoms with Crippen molar-refractivity contribution in [2.45, 2.75) is 19.4 Å². The van der Waals surface area contributed by atoms with E-state index in [1.165, 1.54) is 0 Å². The Bertz CT molecular complexity index is 910. The lowest BCUT2D eigenvalue weighted by atomic mass is 10.1. The number of hydrogen-bond acceptors (Lipinski definition) is 4. The number of benzene rings is 1. The molecule has 1 amide bonds. The van der Waals surface area contributed by atoms with Gasteiger partial charge in [-0.2, -0.15) is 5.26 Å². The van der Waals surface area contributed by atoms with Gasteiger partial charge in [0.05, 0.1) is 30.0 Å². The normalized spacial score (nSPS) is 12.8. The molecule has 1 aromatic heterocycles. The predicted molar refractivity (Wildman–Crippen MR) is 99.7 cm³/mol. The van der Waals surface area contributed by atoms with Gasteiger partial charge in [-0.15, -0.1) is 6.58 Å². The molecule has 0 saturated heterocycles. The summed E-state index contributed by atoms with van der Waals surface area (Å²) in [6.07, 6.45) is 9.91. The number of fused-ring (bicyclic) bond motifs is 1. The van der Waals surface area contributed by atoms with Crippen LogP contribution in [0.5, 0.6) is 0 Å². The average molecular weight is 351 g/mol. The van der Waals surface area contributed by atoms with Gasteiger partial charge in [0, 0.05) is 23.6 Å². The Morgan fingerprint density at radius 1 is 1.54 bits per heavy atom. The second kappa shape index (κ2) is 8.70. The maximum absolute atomic E-state index is 11.7. The van der Waals surface area contributed by atoms with Crippen LogP contribution in [0.1, 0.15) is 35.3 Å². The number of hydroxylamine groups is 1. The van der Waals surface area contributed by atoms with Crippen molar-refractivity contribution >= 4 is 16.8 Å². The topological polar surface area (TPSA) is 87.3 Å². The van der Waals surface area contributed by atoms with Crippen LogP contribution in [0.15, 0.2) is 61.0 Å². The number of allylic oxidation sites excluding steroid dienone is 5. The number of hydrogen-bond donors (Lipinski definition) is 2. The van der Waals surface area contributed by atoms with Gasteiger partial charge in [0.25, 0.3) is 5.91 Å². The fraction of sp³-hybridized carbons (Fsp3) is 0.200. The number of carbonyl (C=O) groups is 1. The van der Waals surface area contributed by atoms with Crippen LogP contribution in [-0.4, -0.2) is 22.8 Å². The summed E-state index contributed by atoms with van der Waals surface area (Å²) in [5.74, 6) is 0.237. The minimum atomic E-state index is -0.612. The second-order valence-corrected chi connectivity index (χ2v) is 5.54. The zero-order valence-corrected chi connectivity index (χ0v) is 14.8. The van der Waals surface area contributed by atoms with Crippen molar-refractivity contribution in [1.29, 1.82) is 5.26 Å². The largest absolute Gasteiger partial charge is 0.501 e. The van der Waals surface area contributed by atoms with Crippen molar-refractivity contribution in [2.75, 3.05) is 7.11 Å². The molecule has 2 rings (SSSR count). The van der Waals surface area contributed by atoms with Gasteiger partial charge in [-0.3, -0.25) is 10.0 Å². The van der Waals surface area contributed by atoms with Crippen molar-refractivity contribution in [2.24, 2.45) is 0 Å². The van der Waals surface area contributed by atoms with Gasteiger partial charge in [-0.1, -0.05) is 31.2 Å².